The molecule has 0 saturated carbocycles. The molecule has 3 N–H and O–H groups in total. The van der Waals surface area contributed by atoms with Gasteiger partial charge < -0.3 is 15.6 Å². The normalized spacial score (nSPS) is 16.1. The second-order valence-electron chi connectivity index (χ2n) is 4.46. The number of nitrogens with two attached hydrogens (primary N) is 1. The van der Waals surface area contributed by atoms with Crippen LogP contribution < -0.4 is 10.5 Å². The summed E-state index contributed by atoms with van der Waals surface area (Å²) < 4.78 is 5.13. The lowest BCUT2D eigenvalue weighted by Crippen LogP contribution is -2.23. The van der Waals surface area contributed by atoms with Gasteiger partial charge in [0.05, 0.1) is 7.11 Å². The third kappa shape index (κ3) is 4.52. The molecule has 3 nitrogen and oxygen atoms in total. The molecular formula is C14H23NO2S. The first-order chi connectivity index (χ1) is 8.58. The van der Waals surface area contributed by atoms with E-state index < -0.39 is 0 Å². The second kappa shape index (κ2) is 7.67. The standard InChI is InChI=1S/C14H23NO2S/c1-10(8-9-16)18-11(2)14(15)12-4-6-13(17-3)7-5-12/h4-7,10-11,14,16H,8-9,15H2,1-3H3. The van der Waals surface area contributed by atoms with Crippen LogP contribution in [0.5, 0.6) is 5.75 Å². The van der Waals surface area contributed by atoms with Crippen LogP contribution in [0.2, 0.25) is 0 Å². The van der Waals surface area contributed by atoms with Crippen molar-refractivity contribution in [2.45, 2.75) is 36.8 Å². The number of rotatable bonds is 7. The van der Waals surface area contributed by atoms with Crippen molar-refractivity contribution in [1.29, 1.82) is 0 Å². The zero-order valence-electron chi connectivity index (χ0n) is 11.3. The SMILES string of the molecule is COc1ccc(C(N)C(C)SC(C)CCO)cc1. The van der Waals surface area contributed by atoms with Crippen molar-refractivity contribution in [3.8, 4) is 5.75 Å². The highest BCUT2D eigenvalue weighted by Gasteiger charge is 2.18. The number of thioether (sulfide) groups is 1. The van der Waals surface area contributed by atoms with Crippen molar-refractivity contribution in [1.82, 2.24) is 0 Å². The molecule has 102 valence electrons. The van der Waals surface area contributed by atoms with E-state index in [0.29, 0.717) is 10.5 Å². The zero-order chi connectivity index (χ0) is 13.5. The molecule has 1 aromatic carbocycles. The van der Waals surface area contributed by atoms with Gasteiger partial charge in [-0.3, -0.25) is 0 Å². The first kappa shape index (κ1) is 15.3. The van der Waals surface area contributed by atoms with E-state index in [0.717, 1.165) is 17.7 Å². The Labute approximate surface area is 114 Å². The van der Waals surface area contributed by atoms with Crippen LogP contribution in [0.15, 0.2) is 24.3 Å². The lowest BCUT2D eigenvalue weighted by atomic mass is 10.1. The third-order valence-corrected chi connectivity index (χ3v) is 4.41. The van der Waals surface area contributed by atoms with Crippen LogP contribution in [-0.4, -0.2) is 29.3 Å². The number of hydrogen-bond donors (Lipinski definition) is 2. The largest absolute Gasteiger partial charge is 0.497 e. The Balaban J connectivity index is 2.58. The highest BCUT2D eigenvalue weighted by Crippen LogP contribution is 2.29. The van der Waals surface area contributed by atoms with Crippen LogP contribution in [0.3, 0.4) is 0 Å². The number of benzene rings is 1. The third-order valence-electron chi connectivity index (χ3n) is 2.99. The average molecular weight is 269 g/mol. The van der Waals surface area contributed by atoms with Gasteiger partial charge in [0.2, 0.25) is 0 Å². The maximum absolute atomic E-state index is 8.90. The molecule has 0 saturated heterocycles. The van der Waals surface area contributed by atoms with Gasteiger partial charge in [0, 0.05) is 23.1 Å². The summed E-state index contributed by atoms with van der Waals surface area (Å²) in [4.78, 5) is 0. The number of methoxy groups -OCH3 is 1. The van der Waals surface area contributed by atoms with Gasteiger partial charge in [-0.05, 0) is 24.1 Å². The smallest absolute Gasteiger partial charge is 0.118 e. The van der Waals surface area contributed by atoms with Crippen molar-refractivity contribution in [2.75, 3.05) is 13.7 Å². The monoisotopic (exact) mass is 269 g/mol. The average Bonchev–Trinajstić information content (AvgIpc) is 2.38. The molecule has 0 aliphatic heterocycles. The Morgan fingerprint density at radius 2 is 1.89 bits per heavy atom. The van der Waals surface area contributed by atoms with Gasteiger partial charge in [0.15, 0.2) is 0 Å². The Hall–Kier alpha value is -0.710. The van der Waals surface area contributed by atoms with E-state index in [1.807, 2.05) is 36.0 Å². The molecule has 3 unspecified atom stereocenters. The van der Waals surface area contributed by atoms with Crippen molar-refractivity contribution < 1.29 is 9.84 Å². The van der Waals surface area contributed by atoms with E-state index in [1.165, 1.54) is 0 Å². The molecule has 18 heavy (non-hydrogen) atoms. The summed E-state index contributed by atoms with van der Waals surface area (Å²) in [6.45, 7) is 4.49. The Kier molecular flexibility index (Phi) is 6.54. The van der Waals surface area contributed by atoms with Gasteiger partial charge >= 0.3 is 0 Å². The molecule has 0 aliphatic rings. The summed E-state index contributed by atoms with van der Waals surface area (Å²) >= 11 is 1.82. The number of aliphatic hydroxyl groups excluding tert-OH is 1. The quantitative estimate of drug-likeness (QED) is 0.799. The molecule has 1 aromatic rings. The van der Waals surface area contributed by atoms with E-state index in [1.54, 1.807) is 7.11 Å². The van der Waals surface area contributed by atoms with Crippen LogP contribution in [0.1, 0.15) is 31.9 Å². The van der Waals surface area contributed by atoms with Crippen LogP contribution in [0, 0.1) is 0 Å². The van der Waals surface area contributed by atoms with Crippen LogP contribution in [-0.2, 0) is 0 Å². The molecule has 4 heteroatoms. The molecule has 0 spiro atoms. The van der Waals surface area contributed by atoms with Crippen molar-refractivity contribution >= 4 is 11.8 Å². The van der Waals surface area contributed by atoms with Gasteiger partial charge in [0.25, 0.3) is 0 Å². The number of ether oxygens (including phenoxy) is 1. The van der Waals surface area contributed by atoms with E-state index in [9.17, 15) is 0 Å². The summed E-state index contributed by atoms with van der Waals surface area (Å²) in [5.74, 6) is 0.847. The van der Waals surface area contributed by atoms with Crippen molar-refractivity contribution in [2.24, 2.45) is 5.73 Å². The lowest BCUT2D eigenvalue weighted by molar-refractivity contribution is 0.288. The molecule has 0 bridgehead atoms. The lowest BCUT2D eigenvalue weighted by Gasteiger charge is -2.23. The Morgan fingerprint density at radius 1 is 1.28 bits per heavy atom. The molecule has 0 fully saturated rings. The fourth-order valence-electron chi connectivity index (χ4n) is 1.80. The van der Waals surface area contributed by atoms with Gasteiger partial charge in [0.1, 0.15) is 5.75 Å². The van der Waals surface area contributed by atoms with Gasteiger partial charge in [-0.1, -0.05) is 26.0 Å². The molecule has 0 heterocycles. The highest BCUT2D eigenvalue weighted by atomic mass is 32.2. The summed E-state index contributed by atoms with van der Waals surface area (Å²) in [6, 6.07) is 7.89. The molecule has 0 aliphatic carbocycles. The first-order valence-electron chi connectivity index (χ1n) is 6.24. The van der Waals surface area contributed by atoms with Crippen molar-refractivity contribution in [3.63, 3.8) is 0 Å². The minimum atomic E-state index is 0.00190. The molecule has 3 atom stereocenters. The predicted octanol–water partition coefficient (Wildman–Crippen LogP) is 2.59. The minimum Gasteiger partial charge on any atom is -0.497 e. The van der Waals surface area contributed by atoms with Gasteiger partial charge in [-0.15, -0.1) is 0 Å². The summed E-state index contributed by atoms with van der Waals surface area (Å²) in [6.07, 6.45) is 0.810. The van der Waals surface area contributed by atoms with Crippen LogP contribution >= 0.6 is 11.8 Å². The summed E-state index contributed by atoms with van der Waals surface area (Å²) in [5, 5.41) is 9.65. The highest BCUT2D eigenvalue weighted by molar-refractivity contribution is 8.00. The molecular weight excluding hydrogens is 246 g/mol. The number of hydrogen-bond acceptors (Lipinski definition) is 4. The van der Waals surface area contributed by atoms with E-state index in [4.69, 9.17) is 15.6 Å². The van der Waals surface area contributed by atoms with E-state index in [2.05, 4.69) is 13.8 Å². The predicted molar refractivity (Wildman–Crippen MR) is 78.1 cm³/mol. The topological polar surface area (TPSA) is 55.5 Å². The fraction of sp³-hybridized carbons (Fsp3) is 0.571. The maximum atomic E-state index is 8.90. The fourth-order valence-corrected chi connectivity index (χ4v) is 3.10. The van der Waals surface area contributed by atoms with Crippen LogP contribution in [0.25, 0.3) is 0 Å². The van der Waals surface area contributed by atoms with Gasteiger partial charge in [-0.25, -0.2) is 0 Å². The van der Waals surface area contributed by atoms with E-state index in [-0.39, 0.29) is 12.6 Å². The summed E-state index contributed by atoms with van der Waals surface area (Å²) in [5.41, 5.74) is 7.37. The first-order valence-corrected chi connectivity index (χ1v) is 7.18. The Morgan fingerprint density at radius 3 is 2.39 bits per heavy atom. The molecule has 0 amide bonds. The Bertz CT molecular complexity index is 342. The molecule has 0 radical (unpaired) electrons. The van der Waals surface area contributed by atoms with Crippen molar-refractivity contribution in [3.05, 3.63) is 29.8 Å². The maximum Gasteiger partial charge on any atom is 0.118 e. The zero-order valence-corrected chi connectivity index (χ0v) is 12.1. The minimum absolute atomic E-state index is 0.00190. The van der Waals surface area contributed by atoms with Gasteiger partial charge in [-0.2, -0.15) is 11.8 Å². The molecule has 0 aromatic heterocycles. The number of aliphatic hydroxyl groups is 1. The second-order valence-corrected chi connectivity index (χ2v) is 6.28. The van der Waals surface area contributed by atoms with Crippen LogP contribution in [0.4, 0.5) is 0 Å². The molecule has 1 rings (SSSR count). The summed E-state index contributed by atoms with van der Waals surface area (Å²) in [7, 11) is 1.66. The van der Waals surface area contributed by atoms with E-state index >= 15 is 0 Å².